The van der Waals surface area contributed by atoms with E-state index in [1.165, 1.54) is 5.56 Å². The lowest BCUT2D eigenvalue weighted by Gasteiger charge is -2.08. The van der Waals surface area contributed by atoms with E-state index in [0.29, 0.717) is 0 Å². The Hall–Kier alpha value is -2.29. The van der Waals surface area contributed by atoms with Gasteiger partial charge in [-0.3, -0.25) is 4.79 Å². The van der Waals surface area contributed by atoms with Gasteiger partial charge in [0.15, 0.2) is 0 Å². The number of benzene rings is 2. The number of anilines is 2. The van der Waals surface area contributed by atoms with Crippen molar-refractivity contribution in [2.45, 2.75) is 19.4 Å². The van der Waals surface area contributed by atoms with E-state index in [-0.39, 0.29) is 11.8 Å². The van der Waals surface area contributed by atoms with Gasteiger partial charge >= 0.3 is 0 Å². The lowest BCUT2D eigenvalue weighted by atomic mass is 10.2. The molecule has 0 aliphatic heterocycles. The molecule has 2 N–H and O–H groups in total. The van der Waals surface area contributed by atoms with Gasteiger partial charge < -0.3 is 10.6 Å². The highest BCUT2D eigenvalue weighted by Gasteiger charge is 2.29. The quantitative estimate of drug-likeness (QED) is 0.867. The first-order valence-corrected chi connectivity index (χ1v) is 7.00. The predicted octanol–water partition coefficient (Wildman–Crippen LogP) is 3.65. The minimum atomic E-state index is 0.148. The average Bonchev–Trinajstić information content (AvgIpc) is 3.32. The fraction of sp³-hybridized carbons (Fsp3) is 0.235. The van der Waals surface area contributed by atoms with Crippen molar-refractivity contribution < 1.29 is 4.79 Å². The minimum absolute atomic E-state index is 0.148. The molecule has 1 amide bonds. The summed E-state index contributed by atoms with van der Waals surface area (Å²) in [5.74, 6) is 0.390. The molecule has 1 aliphatic carbocycles. The van der Waals surface area contributed by atoms with Crippen molar-refractivity contribution in [3.63, 3.8) is 0 Å². The number of hydrogen-bond acceptors (Lipinski definition) is 2. The highest BCUT2D eigenvalue weighted by Crippen LogP contribution is 2.30. The molecule has 0 atom stereocenters. The van der Waals surface area contributed by atoms with Crippen LogP contribution in [0.25, 0.3) is 0 Å². The number of rotatable bonds is 5. The first kappa shape index (κ1) is 12.7. The van der Waals surface area contributed by atoms with Gasteiger partial charge in [-0.1, -0.05) is 30.3 Å². The van der Waals surface area contributed by atoms with Crippen LogP contribution < -0.4 is 10.6 Å². The van der Waals surface area contributed by atoms with Gasteiger partial charge in [-0.25, -0.2) is 0 Å². The monoisotopic (exact) mass is 266 g/mol. The molecule has 102 valence electrons. The number of amides is 1. The second kappa shape index (κ2) is 5.78. The molecule has 1 saturated carbocycles. The Kier molecular flexibility index (Phi) is 3.68. The third kappa shape index (κ3) is 3.38. The summed E-state index contributed by atoms with van der Waals surface area (Å²) >= 11 is 0. The van der Waals surface area contributed by atoms with E-state index >= 15 is 0 Å². The molecule has 3 heteroatoms. The normalized spacial score (nSPS) is 13.8. The molecule has 0 saturated heterocycles. The van der Waals surface area contributed by atoms with Crippen LogP contribution >= 0.6 is 0 Å². The summed E-state index contributed by atoms with van der Waals surface area (Å²) in [6.07, 6.45) is 2.06. The molecule has 0 bridgehead atoms. The van der Waals surface area contributed by atoms with E-state index in [1.807, 2.05) is 42.5 Å². The zero-order valence-corrected chi connectivity index (χ0v) is 11.3. The van der Waals surface area contributed by atoms with Crippen molar-refractivity contribution in [2.75, 3.05) is 10.6 Å². The van der Waals surface area contributed by atoms with Gasteiger partial charge in [0.25, 0.3) is 0 Å². The van der Waals surface area contributed by atoms with Crippen molar-refractivity contribution in [1.82, 2.24) is 0 Å². The molecule has 0 heterocycles. The largest absolute Gasteiger partial charge is 0.381 e. The van der Waals surface area contributed by atoms with Gasteiger partial charge in [0, 0.05) is 23.8 Å². The summed E-state index contributed by atoms with van der Waals surface area (Å²) < 4.78 is 0. The van der Waals surface area contributed by atoms with Crippen molar-refractivity contribution >= 4 is 17.3 Å². The van der Waals surface area contributed by atoms with Crippen LogP contribution in [0.1, 0.15) is 18.4 Å². The molecule has 20 heavy (non-hydrogen) atoms. The van der Waals surface area contributed by atoms with E-state index in [1.54, 1.807) is 0 Å². The predicted molar refractivity (Wildman–Crippen MR) is 81.6 cm³/mol. The molecule has 0 spiro atoms. The second-order valence-corrected chi connectivity index (χ2v) is 5.18. The Morgan fingerprint density at radius 1 is 0.950 bits per heavy atom. The van der Waals surface area contributed by atoms with Crippen LogP contribution in [-0.2, 0) is 11.3 Å². The third-order valence-corrected chi connectivity index (χ3v) is 3.44. The van der Waals surface area contributed by atoms with Crippen LogP contribution in [0.15, 0.2) is 54.6 Å². The molecular formula is C17H18N2O. The highest BCUT2D eigenvalue weighted by molar-refractivity contribution is 5.94. The maximum Gasteiger partial charge on any atom is 0.227 e. The molecule has 1 aliphatic rings. The van der Waals surface area contributed by atoms with E-state index in [4.69, 9.17) is 0 Å². The molecule has 1 fully saturated rings. The third-order valence-electron chi connectivity index (χ3n) is 3.44. The van der Waals surface area contributed by atoms with Crippen LogP contribution in [0.4, 0.5) is 11.4 Å². The number of hydrogen-bond donors (Lipinski definition) is 2. The van der Waals surface area contributed by atoms with Gasteiger partial charge in [0.1, 0.15) is 0 Å². The van der Waals surface area contributed by atoms with Gasteiger partial charge in [-0.05, 0) is 42.7 Å². The Morgan fingerprint density at radius 2 is 1.60 bits per heavy atom. The summed E-state index contributed by atoms with van der Waals surface area (Å²) in [6.45, 7) is 0.800. The zero-order valence-electron chi connectivity index (χ0n) is 11.3. The number of carbonyl (C=O) groups is 1. The fourth-order valence-electron chi connectivity index (χ4n) is 2.06. The Morgan fingerprint density at radius 3 is 2.25 bits per heavy atom. The first-order valence-electron chi connectivity index (χ1n) is 7.00. The van der Waals surface area contributed by atoms with Crippen molar-refractivity contribution in [3.05, 3.63) is 60.2 Å². The molecule has 2 aromatic rings. The fourth-order valence-corrected chi connectivity index (χ4v) is 2.06. The standard InChI is InChI=1S/C17H18N2O/c20-17(14-6-7-14)19-16-10-8-15(9-11-16)18-12-13-4-2-1-3-5-13/h1-5,8-11,14,18H,6-7,12H2,(H,19,20). The van der Waals surface area contributed by atoms with Gasteiger partial charge in [0.05, 0.1) is 0 Å². The lowest BCUT2D eigenvalue weighted by molar-refractivity contribution is -0.117. The van der Waals surface area contributed by atoms with Crippen LogP contribution in [0.3, 0.4) is 0 Å². The summed E-state index contributed by atoms with van der Waals surface area (Å²) in [5, 5.41) is 6.30. The molecule has 0 radical (unpaired) electrons. The SMILES string of the molecule is O=C(Nc1ccc(NCc2ccccc2)cc1)C1CC1. The maximum atomic E-state index is 11.6. The molecule has 2 aromatic carbocycles. The Labute approximate surface area is 119 Å². The molecule has 3 rings (SSSR count). The first-order chi connectivity index (χ1) is 9.81. The minimum Gasteiger partial charge on any atom is -0.381 e. The molecule has 0 aromatic heterocycles. The molecular weight excluding hydrogens is 248 g/mol. The van der Waals surface area contributed by atoms with E-state index in [0.717, 1.165) is 30.8 Å². The van der Waals surface area contributed by atoms with Crippen molar-refractivity contribution in [1.29, 1.82) is 0 Å². The molecule has 0 unspecified atom stereocenters. The smallest absolute Gasteiger partial charge is 0.227 e. The Balaban J connectivity index is 1.54. The second-order valence-electron chi connectivity index (χ2n) is 5.18. The average molecular weight is 266 g/mol. The number of nitrogens with one attached hydrogen (secondary N) is 2. The van der Waals surface area contributed by atoms with E-state index in [9.17, 15) is 4.79 Å². The summed E-state index contributed by atoms with van der Waals surface area (Å²) in [6, 6.07) is 18.1. The topological polar surface area (TPSA) is 41.1 Å². The molecule has 3 nitrogen and oxygen atoms in total. The van der Waals surface area contributed by atoms with E-state index in [2.05, 4.69) is 22.8 Å². The Bertz CT molecular complexity index is 574. The van der Waals surface area contributed by atoms with Crippen LogP contribution in [0, 0.1) is 5.92 Å². The summed E-state index contributed by atoms with van der Waals surface area (Å²) in [7, 11) is 0. The van der Waals surface area contributed by atoms with Gasteiger partial charge in [-0.15, -0.1) is 0 Å². The van der Waals surface area contributed by atoms with Crippen LogP contribution in [0.2, 0.25) is 0 Å². The number of carbonyl (C=O) groups excluding carboxylic acids is 1. The summed E-state index contributed by atoms with van der Waals surface area (Å²) in [4.78, 5) is 11.6. The van der Waals surface area contributed by atoms with Gasteiger partial charge in [-0.2, -0.15) is 0 Å². The van der Waals surface area contributed by atoms with Crippen molar-refractivity contribution in [3.8, 4) is 0 Å². The van der Waals surface area contributed by atoms with Crippen LogP contribution in [0.5, 0.6) is 0 Å². The lowest BCUT2D eigenvalue weighted by Crippen LogP contribution is -2.13. The summed E-state index contributed by atoms with van der Waals surface area (Å²) in [5.41, 5.74) is 3.17. The van der Waals surface area contributed by atoms with Crippen molar-refractivity contribution in [2.24, 2.45) is 5.92 Å². The van der Waals surface area contributed by atoms with Crippen LogP contribution in [-0.4, -0.2) is 5.91 Å². The highest BCUT2D eigenvalue weighted by atomic mass is 16.2. The van der Waals surface area contributed by atoms with E-state index < -0.39 is 0 Å². The zero-order chi connectivity index (χ0) is 13.8. The van der Waals surface area contributed by atoms with Gasteiger partial charge in [0.2, 0.25) is 5.91 Å². The maximum absolute atomic E-state index is 11.6.